The number of aliphatic hydroxyl groups is 2. The SMILES string of the molecule is Cn1c(=O)n(CCC(C)(C)O)c2cc(Nc3cc(N4CCCC4CO)nc4c(C#N)cnn34)ccc21. The molecule has 36 heavy (non-hydrogen) atoms. The van der Waals surface area contributed by atoms with Crippen molar-refractivity contribution in [3.8, 4) is 6.07 Å². The third-order valence-electron chi connectivity index (χ3n) is 6.83. The molecule has 1 unspecified atom stereocenters. The van der Waals surface area contributed by atoms with Crippen LogP contribution in [0, 0.1) is 11.3 Å². The van der Waals surface area contributed by atoms with Crippen molar-refractivity contribution in [3.05, 3.63) is 46.5 Å². The molecule has 11 nitrogen and oxygen atoms in total. The summed E-state index contributed by atoms with van der Waals surface area (Å²) in [6.07, 6.45) is 3.75. The molecule has 0 aliphatic carbocycles. The summed E-state index contributed by atoms with van der Waals surface area (Å²) in [7, 11) is 1.73. The Kier molecular flexibility index (Phi) is 5.94. The fraction of sp³-hybridized carbons (Fsp3) is 0.440. The van der Waals surface area contributed by atoms with E-state index in [2.05, 4.69) is 21.4 Å². The number of hydrogen-bond donors (Lipinski definition) is 3. The second-order valence-electron chi connectivity index (χ2n) is 9.96. The third kappa shape index (κ3) is 4.19. The summed E-state index contributed by atoms with van der Waals surface area (Å²) in [5.41, 5.74) is 2.03. The van der Waals surface area contributed by atoms with E-state index in [9.17, 15) is 20.3 Å². The van der Waals surface area contributed by atoms with Crippen molar-refractivity contribution in [1.82, 2.24) is 23.7 Å². The molecule has 1 aliphatic rings. The maximum Gasteiger partial charge on any atom is 0.328 e. The molecule has 0 saturated carbocycles. The molecular formula is C25H30N8O3. The predicted molar refractivity (Wildman–Crippen MR) is 137 cm³/mol. The summed E-state index contributed by atoms with van der Waals surface area (Å²) in [6, 6.07) is 9.65. The minimum atomic E-state index is -0.892. The van der Waals surface area contributed by atoms with Gasteiger partial charge in [0.15, 0.2) is 5.65 Å². The maximum atomic E-state index is 12.9. The second-order valence-corrected chi connectivity index (χ2v) is 9.96. The molecule has 1 saturated heterocycles. The highest BCUT2D eigenvalue weighted by Gasteiger charge is 2.26. The van der Waals surface area contributed by atoms with Crippen molar-refractivity contribution >= 4 is 34.0 Å². The largest absolute Gasteiger partial charge is 0.394 e. The van der Waals surface area contributed by atoms with Crippen molar-refractivity contribution in [3.63, 3.8) is 0 Å². The van der Waals surface area contributed by atoms with Gasteiger partial charge < -0.3 is 20.4 Å². The van der Waals surface area contributed by atoms with E-state index in [1.54, 1.807) is 34.5 Å². The number of aliphatic hydroxyl groups excluding tert-OH is 1. The Bertz CT molecular complexity index is 1540. The quantitative estimate of drug-likeness (QED) is 0.358. The van der Waals surface area contributed by atoms with Crippen molar-refractivity contribution in [2.75, 3.05) is 23.4 Å². The van der Waals surface area contributed by atoms with Crippen LogP contribution in [0.2, 0.25) is 0 Å². The van der Waals surface area contributed by atoms with E-state index in [0.29, 0.717) is 35.8 Å². The predicted octanol–water partition coefficient (Wildman–Crippen LogP) is 2.12. The number of aryl methyl sites for hydroxylation is 2. The zero-order chi connectivity index (χ0) is 25.6. The van der Waals surface area contributed by atoms with E-state index < -0.39 is 5.60 Å². The molecule has 1 fully saturated rings. The zero-order valence-electron chi connectivity index (χ0n) is 20.6. The van der Waals surface area contributed by atoms with Gasteiger partial charge in [0.1, 0.15) is 23.3 Å². The molecular weight excluding hydrogens is 460 g/mol. The number of benzene rings is 1. The topological polar surface area (TPSA) is 137 Å². The van der Waals surface area contributed by atoms with E-state index in [0.717, 1.165) is 36.1 Å². The lowest BCUT2D eigenvalue weighted by molar-refractivity contribution is 0.0662. The summed E-state index contributed by atoms with van der Waals surface area (Å²) in [6.45, 7) is 4.64. The molecule has 0 bridgehead atoms. The van der Waals surface area contributed by atoms with Crippen LogP contribution >= 0.6 is 0 Å². The first-order valence-corrected chi connectivity index (χ1v) is 12.1. The second kappa shape index (κ2) is 8.96. The number of aromatic nitrogens is 5. The average molecular weight is 491 g/mol. The van der Waals surface area contributed by atoms with Crippen LogP contribution in [0.15, 0.2) is 35.3 Å². The molecule has 0 radical (unpaired) electrons. The van der Waals surface area contributed by atoms with Crippen LogP contribution in [-0.4, -0.2) is 58.7 Å². The van der Waals surface area contributed by atoms with E-state index in [1.807, 2.05) is 24.3 Å². The summed E-state index contributed by atoms with van der Waals surface area (Å²) in [5.74, 6) is 1.28. The Hall–Kier alpha value is -3.88. The number of nitriles is 1. The Labute approximate surface area is 207 Å². The molecule has 0 spiro atoms. The van der Waals surface area contributed by atoms with E-state index in [1.165, 1.54) is 6.20 Å². The fourth-order valence-corrected chi connectivity index (χ4v) is 4.83. The zero-order valence-corrected chi connectivity index (χ0v) is 20.6. The van der Waals surface area contributed by atoms with Crippen LogP contribution in [0.4, 0.5) is 17.3 Å². The summed E-state index contributed by atoms with van der Waals surface area (Å²) >= 11 is 0. The lowest BCUT2D eigenvalue weighted by Gasteiger charge is -2.25. The first-order valence-electron chi connectivity index (χ1n) is 12.1. The number of nitrogens with zero attached hydrogens (tertiary/aromatic N) is 7. The first kappa shape index (κ1) is 23.8. The van der Waals surface area contributed by atoms with Gasteiger partial charge in [-0.15, -0.1) is 0 Å². The van der Waals surface area contributed by atoms with E-state index in [4.69, 9.17) is 4.98 Å². The normalized spacial score (nSPS) is 16.2. The molecule has 4 heterocycles. The molecule has 4 aromatic rings. The third-order valence-corrected chi connectivity index (χ3v) is 6.83. The summed E-state index contributed by atoms with van der Waals surface area (Å²) in [5, 5.41) is 37.3. The van der Waals surface area contributed by atoms with Crippen molar-refractivity contribution in [2.24, 2.45) is 7.05 Å². The minimum absolute atomic E-state index is 0.0212. The number of hydrogen-bond acceptors (Lipinski definition) is 8. The molecule has 188 valence electrons. The van der Waals surface area contributed by atoms with Crippen LogP contribution in [-0.2, 0) is 13.6 Å². The number of fused-ring (bicyclic) bond motifs is 2. The Morgan fingerprint density at radius 3 is 2.81 bits per heavy atom. The van der Waals surface area contributed by atoms with Gasteiger partial charge in [-0.05, 0) is 51.3 Å². The summed E-state index contributed by atoms with van der Waals surface area (Å²) < 4.78 is 4.85. The van der Waals surface area contributed by atoms with E-state index in [-0.39, 0.29) is 18.3 Å². The minimum Gasteiger partial charge on any atom is -0.394 e. The first-order chi connectivity index (χ1) is 17.2. The smallest absolute Gasteiger partial charge is 0.328 e. The highest BCUT2D eigenvalue weighted by molar-refractivity contribution is 5.82. The molecule has 5 rings (SSSR count). The van der Waals surface area contributed by atoms with Gasteiger partial charge in [0.05, 0.1) is 35.5 Å². The van der Waals surface area contributed by atoms with Crippen molar-refractivity contribution < 1.29 is 10.2 Å². The van der Waals surface area contributed by atoms with Crippen LogP contribution in [0.1, 0.15) is 38.7 Å². The van der Waals surface area contributed by atoms with Crippen molar-refractivity contribution in [2.45, 2.75) is 51.3 Å². The van der Waals surface area contributed by atoms with Crippen LogP contribution < -0.4 is 15.9 Å². The van der Waals surface area contributed by atoms with Gasteiger partial charge in [-0.1, -0.05) is 0 Å². The molecule has 1 atom stereocenters. The van der Waals surface area contributed by atoms with Gasteiger partial charge in [0.2, 0.25) is 0 Å². The molecule has 3 N–H and O–H groups in total. The maximum absolute atomic E-state index is 12.9. The molecule has 11 heteroatoms. The van der Waals surface area contributed by atoms with Gasteiger partial charge in [-0.3, -0.25) is 9.13 Å². The van der Waals surface area contributed by atoms with Gasteiger partial charge in [0.25, 0.3) is 0 Å². The summed E-state index contributed by atoms with van der Waals surface area (Å²) in [4.78, 5) is 19.6. The number of rotatable bonds is 7. The van der Waals surface area contributed by atoms with Crippen LogP contribution in [0.25, 0.3) is 16.7 Å². The van der Waals surface area contributed by atoms with Gasteiger partial charge in [-0.25, -0.2) is 9.78 Å². The van der Waals surface area contributed by atoms with Crippen LogP contribution in [0.5, 0.6) is 0 Å². The Morgan fingerprint density at radius 1 is 1.28 bits per heavy atom. The van der Waals surface area contributed by atoms with Crippen molar-refractivity contribution in [1.29, 1.82) is 5.26 Å². The monoisotopic (exact) mass is 490 g/mol. The lowest BCUT2D eigenvalue weighted by Crippen LogP contribution is -2.33. The molecule has 0 amide bonds. The van der Waals surface area contributed by atoms with Crippen LogP contribution in [0.3, 0.4) is 0 Å². The standard InChI is InChI=1S/C25H30N8O3/c1-25(2,36)8-10-32-20-11-17(6-7-19(20)30(3)24(32)35)28-22-12-21(31-9-4-5-18(31)15-34)29-23-16(13-26)14-27-33(22)23/h6-7,11-12,14,18,28,34,36H,4-5,8-10,15H2,1-3H3. The Morgan fingerprint density at radius 2 is 2.08 bits per heavy atom. The number of nitrogens with one attached hydrogen (secondary N) is 1. The van der Waals surface area contributed by atoms with Gasteiger partial charge >= 0.3 is 5.69 Å². The van der Waals surface area contributed by atoms with Gasteiger partial charge in [0, 0.05) is 31.9 Å². The lowest BCUT2D eigenvalue weighted by atomic mass is 10.1. The average Bonchev–Trinajstić information content (AvgIpc) is 3.54. The molecule has 1 aliphatic heterocycles. The fourth-order valence-electron chi connectivity index (χ4n) is 4.83. The molecule has 1 aromatic carbocycles. The Balaban J connectivity index is 1.58. The molecule has 3 aromatic heterocycles. The number of anilines is 3. The van der Waals surface area contributed by atoms with E-state index >= 15 is 0 Å². The highest BCUT2D eigenvalue weighted by atomic mass is 16.3. The highest BCUT2D eigenvalue weighted by Crippen LogP contribution is 2.30. The van der Waals surface area contributed by atoms with Gasteiger partial charge in [-0.2, -0.15) is 14.9 Å². The number of imidazole rings is 1.